The number of hydrogen-bond donors (Lipinski definition) is 1. The molecule has 0 bridgehead atoms. The summed E-state index contributed by atoms with van der Waals surface area (Å²) in [6.07, 6.45) is 0.0387. The van der Waals surface area contributed by atoms with Crippen LogP contribution in [0.1, 0.15) is 12.0 Å². The summed E-state index contributed by atoms with van der Waals surface area (Å²) in [5, 5.41) is 10.5. The van der Waals surface area contributed by atoms with Gasteiger partial charge in [0.05, 0.1) is 16.5 Å². The van der Waals surface area contributed by atoms with Crippen molar-refractivity contribution < 1.29 is 22.3 Å². The average molecular weight is 263 g/mol. The second kappa shape index (κ2) is 5.19. The highest BCUT2D eigenvalue weighted by Crippen LogP contribution is 2.23. The van der Waals surface area contributed by atoms with Crippen LogP contribution in [0.3, 0.4) is 0 Å². The van der Waals surface area contributed by atoms with Gasteiger partial charge in [0.2, 0.25) is 0 Å². The Kier molecular flexibility index (Phi) is 4.13. The number of nitro benzene ring substituents is 1. The molecule has 0 aliphatic rings. The van der Waals surface area contributed by atoms with Crippen LogP contribution in [0.4, 0.5) is 10.1 Å². The molecule has 0 atom stereocenters. The predicted molar refractivity (Wildman–Crippen MR) is 57.2 cm³/mol. The second-order valence-corrected chi connectivity index (χ2v) is 4.71. The minimum Gasteiger partial charge on any atom is -0.282 e. The van der Waals surface area contributed by atoms with E-state index >= 15 is 0 Å². The van der Waals surface area contributed by atoms with Crippen molar-refractivity contribution in [1.82, 2.24) is 0 Å². The lowest BCUT2D eigenvalue weighted by Crippen LogP contribution is -2.04. The lowest BCUT2D eigenvalue weighted by atomic mass is 10.1. The number of nitro groups is 1. The first kappa shape index (κ1) is 13.5. The van der Waals surface area contributed by atoms with E-state index in [4.69, 9.17) is 4.55 Å². The largest absolute Gasteiger partial charge is 0.294 e. The number of alkyl halides is 1. The number of nitrogens with zero attached hydrogens (tertiary/aromatic N) is 1. The van der Waals surface area contributed by atoms with Crippen LogP contribution < -0.4 is 0 Å². The normalized spacial score (nSPS) is 11.4. The molecule has 0 saturated carbocycles. The molecule has 1 rings (SSSR count). The van der Waals surface area contributed by atoms with E-state index in [9.17, 15) is 22.9 Å². The van der Waals surface area contributed by atoms with E-state index in [-0.39, 0.29) is 24.1 Å². The molecule has 0 aliphatic heterocycles. The van der Waals surface area contributed by atoms with Gasteiger partial charge in [-0.05, 0) is 24.5 Å². The van der Waals surface area contributed by atoms with Crippen molar-refractivity contribution in [1.29, 1.82) is 0 Å². The molecular weight excluding hydrogens is 253 g/mol. The molecule has 0 fully saturated rings. The van der Waals surface area contributed by atoms with Crippen molar-refractivity contribution in [3.05, 3.63) is 33.9 Å². The first-order valence-corrected chi connectivity index (χ1v) is 6.11. The Morgan fingerprint density at radius 1 is 1.41 bits per heavy atom. The number of aryl methyl sites for hydroxylation is 1. The molecule has 0 aliphatic carbocycles. The van der Waals surface area contributed by atoms with Gasteiger partial charge in [-0.1, -0.05) is 0 Å². The van der Waals surface area contributed by atoms with Crippen LogP contribution in [-0.4, -0.2) is 24.6 Å². The molecule has 0 heterocycles. The third-order valence-electron chi connectivity index (χ3n) is 2.11. The van der Waals surface area contributed by atoms with E-state index in [1.54, 1.807) is 0 Å². The van der Waals surface area contributed by atoms with Crippen LogP contribution >= 0.6 is 0 Å². The third kappa shape index (κ3) is 3.46. The molecular formula is C9H10FNO5S. The molecule has 8 heteroatoms. The average Bonchev–Trinajstić information content (AvgIpc) is 2.24. The summed E-state index contributed by atoms with van der Waals surface area (Å²) in [4.78, 5) is 9.40. The first-order valence-electron chi connectivity index (χ1n) is 4.67. The predicted octanol–water partition coefficient (Wildman–Crippen LogP) is 1.74. The van der Waals surface area contributed by atoms with Gasteiger partial charge >= 0.3 is 0 Å². The summed E-state index contributed by atoms with van der Waals surface area (Å²) in [7, 11) is -4.45. The fourth-order valence-electron chi connectivity index (χ4n) is 1.38. The topological polar surface area (TPSA) is 97.5 Å². The van der Waals surface area contributed by atoms with Crippen LogP contribution in [0, 0.1) is 10.1 Å². The summed E-state index contributed by atoms with van der Waals surface area (Å²) in [5.74, 6) is 0. The van der Waals surface area contributed by atoms with E-state index in [0.717, 1.165) is 18.2 Å². The van der Waals surface area contributed by atoms with Gasteiger partial charge in [0.25, 0.3) is 15.8 Å². The zero-order valence-corrected chi connectivity index (χ0v) is 9.48. The van der Waals surface area contributed by atoms with Gasteiger partial charge in [-0.2, -0.15) is 8.42 Å². The summed E-state index contributed by atoms with van der Waals surface area (Å²) >= 11 is 0. The molecule has 1 aromatic carbocycles. The van der Waals surface area contributed by atoms with Crippen LogP contribution in [0.2, 0.25) is 0 Å². The number of rotatable bonds is 5. The molecule has 0 amide bonds. The zero-order valence-electron chi connectivity index (χ0n) is 8.67. The van der Waals surface area contributed by atoms with Gasteiger partial charge in [0.1, 0.15) is 0 Å². The van der Waals surface area contributed by atoms with Crippen LogP contribution in [0.5, 0.6) is 0 Å². The zero-order chi connectivity index (χ0) is 13.1. The lowest BCUT2D eigenvalue weighted by molar-refractivity contribution is -0.385. The summed E-state index contributed by atoms with van der Waals surface area (Å²) in [6, 6.07) is 2.95. The number of benzene rings is 1. The molecule has 17 heavy (non-hydrogen) atoms. The van der Waals surface area contributed by atoms with Gasteiger partial charge in [0, 0.05) is 12.1 Å². The highest BCUT2D eigenvalue weighted by molar-refractivity contribution is 7.85. The van der Waals surface area contributed by atoms with Crippen molar-refractivity contribution >= 4 is 15.8 Å². The van der Waals surface area contributed by atoms with Gasteiger partial charge in [-0.3, -0.25) is 19.1 Å². The fraction of sp³-hybridized carbons (Fsp3) is 0.333. The minimum atomic E-state index is -4.45. The molecule has 1 N–H and O–H groups in total. The van der Waals surface area contributed by atoms with Crippen molar-refractivity contribution in [3.63, 3.8) is 0 Å². The maximum absolute atomic E-state index is 12.0. The fourth-order valence-corrected chi connectivity index (χ4v) is 2.12. The summed E-state index contributed by atoms with van der Waals surface area (Å²) < 4.78 is 42.9. The highest BCUT2D eigenvalue weighted by atomic mass is 32.2. The number of non-ortho nitro benzene ring substituents is 1. The Morgan fingerprint density at radius 3 is 2.53 bits per heavy atom. The SMILES string of the molecule is O=[N+]([O-])c1ccc(S(=O)(=O)O)c(CCCF)c1. The quantitative estimate of drug-likeness (QED) is 0.495. The first-order chi connectivity index (χ1) is 7.86. The monoisotopic (exact) mass is 263 g/mol. The highest BCUT2D eigenvalue weighted by Gasteiger charge is 2.18. The standard InChI is InChI=1S/C9H10FNO5S/c10-5-1-2-7-6-8(11(12)13)3-4-9(7)17(14,15)16/h3-4,6H,1-2,5H2,(H,14,15,16). The third-order valence-corrected chi connectivity index (χ3v) is 3.07. The van der Waals surface area contributed by atoms with Crippen molar-refractivity contribution in [2.24, 2.45) is 0 Å². The molecule has 0 aromatic heterocycles. The van der Waals surface area contributed by atoms with E-state index < -0.39 is 26.6 Å². The molecule has 0 unspecified atom stereocenters. The second-order valence-electron chi connectivity index (χ2n) is 3.32. The molecule has 6 nitrogen and oxygen atoms in total. The van der Waals surface area contributed by atoms with Gasteiger partial charge < -0.3 is 0 Å². The maximum Gasteiger partial charge on any atom is 0.294 e. The van der Waals surface area contributed by atoms with E-state index in [2.05, 4.69) is 0 Å². The van der Waals surface area contributed by atoms with Gasteiger partial charge in [0.15, 0.2) is 0 Å². The Balaban J connectivity index is 3.26. The van der Waals surface area contributed by atoms with Gasteiger partial charge in [-0.15, -0.1) is 0 Å². The van der Waals surface area contributed by atoms with E-state index in [1.165, 1.54) is 0 Å². The molecule has 94 valence electrons. The number of halogens is 1. The number of hydrogen-bond acceptors (Lipinski definition) is 4. The molecule has 0 radical (unpaired) electrons. The summed E-state index contributed by atoms with van der Waals surface area (Å²) in [5.41, 5.74) is -0.259. The van der Waals surface area contributed by atoms with Crippen LogP contribution in [0.25, 0.3) is 0 Å². The molecule has 0 spiro atoms. The summed E-state index contributed by atoms with van der Waals surface area (Å²) in [6.45, 7) is -0.673. The van der Waals surface area contributed by atoms with Crippen molar-refractivity contribution in [2.45, 2.75) is 17.7 Å². The van der Waals surface area contributed by atoms with E-state index in [1.807, 2.05) is 0 Å². The van der Waals surface area contributed by atoms with Gasteiger partial charge in [-0.25, -0.2) is 0 Å². The Hall–Kier alpha value is -1.54. The Bertz CT molecular complexity index is 528. The van der Waals surface area contributed by atoms with E-state index in [0.29, 0.717) is 0 Å². The van der Waals surface area contributed by atoms with Crippen LogP contribution in [-0.2, 0) is 16.5 Å². The Morgan fingerprint density at radius 2 is 2.06 bits per heavy atom. The minimum absolute atomic E-state index is 0.00725. The smallest absolute Gasteiger partial charge is 0.282 e. The van der Waals surface area contributed by atoms with Crippen LogP contribution in [0.15, 0.2) is 23.1 Å². The van der Waals surface area contributed by atoms with Crippen molar-refractivity contribution in [3.8, 4) is 0 Å². The maximum atomic E-state index is 12.0. The lowest BCUT2D eigenvalue weighted by Gasteiger charge is -2.05. The molecule has 0 saturated heterocycles. The Labute approximate surface area is 97.0 Å². The van der Waals surface area contributed by atoms with Crippen molar-refractivity contribution in [2.75, 3.05) is 6.67 Å². The molecule has 1 aromatic rings.